The largest absolute Gasteiger partial charge is 0.468 e. The molecule has 1 aromatic rings. The second-order valence-electron chi connectivity index (χ2n) is 4.02. The van der Waals surface area contributed by atoms with Gasteiger partial charge in [-0.1, -0.05) is 36.9 Å². The summed E-state index contributed by atoms with van der Waals surface area (Å²) in [5, 5.41) is 5.46. The van der Waals surface area contributed by atoms with Crippen LogP contribution in [-0.4, -0.2) is 37.3 Å². The van der Waals surface area contributed by atoms with E-state index >= 15 is 0 Å². The van der Waals surface area contributed by atoms with Crippen LogP contribution in [0.2, 0.25) is 0 Å². The minimum Gasteiger partial charge on any atom is -0.468 e. The number of carbonyl (C=O) groups excluding carboxylic acids is 2. The highest BCUT2D eigenvalue weighted by molar-refractivity contribution is 7.80. The summed E-state index contributed by atoms with van der Waals surface area (Å²) in [7, 11) is 1.26. The van der Waals surface area contributed by atoms with Crippen LogP contribution in [0.1, 0.15) is 5.56 Å². The number of amides is 1. The van der Waals surface area contributed by atoms with Crippen molar-refractivity contribution < 1.29 is 14.3 Å². The number of thiol groups is 1. The molecule has 0 bridgehead atoms. The first-order valence-corrected chi connectivity index (χ1v) is 6.68. The lowest BCUT2D eigenvalue weighted by molar-refractivity contribution is -0.141. The molecule has 0 spiro atoms. The van der Waals surface area contributed by atoms with Crippen molar-refractivity contribution in [3.05, 3.63) is 42.5 Å². The molecule has 1 aromatic carbocycles. The fourth-order valence-electron chi connectivity index (χ4n) is 1.48. The molecular formula is C14H18N2O3S. The van der Waals surface area contributed by atoms with E-state index < -0.39 is 12.0 Å². The van der Waals surface area contributed by atoms with Gasteiger partial charge < -0.3 is 15.4 Å². The van der Waals surface area contributed by atoms with E-state index in [1.54, 1.807) is 0 Å². The van der Waals surface area contributed by atoms with Crippen LogP contribution in [0, 0.1) is 0 Å². The van der Waals surface area contributed by atoms with Crippen molar-refractivity contribution in [2.45, 2.75) is 6.04 Å². The van der Waals surface area contributed by atoms with Gasteiger partial charge in [0.2, 0.25) is 5.91 Å². The zero-order valence-electron chi connectivity index (χ0n) is 11.3. The highest BCUT2D eigenvalue weighted by Crippen LogP contribution is 2.09. The summed E-state index contributed by atoms with van der Waals surface area (Å²) in [6.45, 7) is 3.72. The Kier molecular flexibility index (Phi) is 6.66. The van der Waals surface area contributed by atoms with Gasteiger partial charge in [-0.3, -0.25) is 9.59 Å². The van der Waals surface area contributed by atoms with E-state index in [1.165, 1.54) is 7.11 Å². The lowest BCUT2D eigenvalue weighted by Crippen LogP contribution is -2.46. The van der Waals surface area contributed by atoms with E-state index in [0.717, 1.165) is 5.56 Å². The zero-order valence-corrected chi connectivity index (χ0v) is 12.2. The van der Waals surface area contributed by atoms with Crippen LogP contribution in [0.25, 0.3) is 5.70 Å². The first-order valence-electron chi connectivity index (χ1n) is 6.04. The Morgan fingerprint density at radius 3 is 2.55 bits per heavy atom. The van der Waals surface area contributed by atoms with Crippen molar-refractivity contribution in [3.63, 3.8) is 0 Å². The lowest BCUT2D eigenvalue weighted by atomic mass is 10.1. The molecule has 0 aromatic heterocycles. The third-order valence-corrected chi connectivity index (χ3v) is 2.97. The van der Waals surface area contributed by atoms with Crippen LogP contribution in [0.3, 0.4) is 0 Å². The van der Waals surface area contributed by atoms with Gasteiger partial charge in [0.05, 0.1) is 7.11 Å². The zero-order chi connectivity index (χ0) is 15.0. The van der Waals surface area contributed by atoms with Gasteiger partial charge in [0, 0.05) is 11.4 Å². The van der Waals surface area contributed by atoms with E-state index in [9.17, 15) is 9.59 Å². The van der Waals surface area contributed by atoms with Crippen molar-refractivity contribution in [1.29, 1.82) is 0 Å². The molecular weight excluding hydrogens is 276 g/mol. The van der Waals surface area contributed by atoms with Gasteiger partial charge in [0.25, 0.3) is 0 Å². The average molecular weight is 294 g/mol. The second kappa shape index (κ2) is 8.27. The van der Waals surface area contributed by atoms with E-state index in [4.69, 9.17) is 0 Å². The fraction of sp³-hybridized carbons (Fsp3) is 0.286. The van der Waals surface area contributed by atoms with Crippen molar-refractivity contribution in [3.8, 4) is 0 Å². The molecule has 6 heteroatoms. The van der Waals surface area contributed by atoms with E-state index in [1.807, 2.05) is 30.3 Å². The molecule has 0 saturated heterocycles. The molecule has 0 aliphatic carbocycles. The Hall–Kier alpha value is -1.95. The summed E-state index contributed by atoms with van der Waals surface area (Å²) in [5.41, 5.74) is 1.51. The van der Waals surface area contributed by atoms with Crippen molar-refractivity contribution in [2.24, 2.45) is 0 Å². The van der Waals surface area contributed by atoms with Gasteiger partial charge in [-0.15, -0.1) is 0 Å². The van der Waals surface area contributed by atoms with Crippen LogP contribution in [0.5, 0.6) is 0 Å². The van der Waals surface area contributed by atoms with Crippen molar-refractivity contribution in [2.75, 3.05) is 19.4 Å². The number of methoxy groups -OCH3 is 1. The van der Waals surface area contributed by atoms with Gasteiger partial charge in [0.15, 0.2) is 0 Å². The molecule has 0 fully saturated rings. The molecule has 108 valence electrons. The second-order valence-corrected chi connectivity index (χ2v) is 4.38. The first-order chi connectivity index (χ1) is 9.58. The molecule has 20 heavy (non-hydrogen) atoms. The molecule has 0 radical (unpaired) electrons. The number of nitrogens with one attached hydrogen (secondary N) is 2. The number of carbonyl (C=O) groups is 2. The molecule has 0 aliphatic rings. The molecule has 1 amide bonds. The summed E-state index contributed by atoms with van der Waals surface area (Å²) in [5.74, 6) is -0.556. The molecule has 0 saturated carbocycles. The minimum absolute atomic E-state index is 0.168. The molecule has 0 aliphatic heterocycles. The fourth-order valence-corrected chi connectivity index (χ4v) is 1.74. The van der Waals surface area contributed by atoms with Gasteiger partial charge in [0.1, 0.15) is 12.6 Å². The lowest BCUT2D eigenvalue weighted by Gasteiger charge is -2.19. The highest BCUT2D eigenvalue weighted by atomic mass is 32.1. The third-order valence-electron chi connectivity index (χ3n) is 2.60. The summed E-state index contributed by atoms with van der Waals surface area (Å²) in [6, 6.07) is 8.87. The molecule has 1 rings (SSSR count). The smallest absolute Gasteiger partial charge is 0.325 e. The number of hydrogen-bond acceptors (Lipinski definition) is 5. The topological polar surface area (TPSA) is 67.4 Å². The van der Waals surface area contributed by atoms with Gasteiger partial charge in [-0.05, 0) is 5.56 Å². The van der Waals surface area contributed by atoms with Crippen molar-refractivity contribution in [1.82, 2.24) is 10.6 Å². The summed E-state index contributed by atoms with van der Waals surface area (Å²) >= 11 is 4.13. The minimum atomic E-state index is -0.573. The van der Waals surface area contributed by atoms with Crippen LogP contribution < -0.4 is 10.6 Å². The monoisotopic (exact) mass is 294 g/mol. The predicted molar refractivity (Wildman–Crippen MR) is 81.3 cm³/mol. The molecule has 0 unspecified atom stereocenters. The van der Waals surface area contributed by atoms with E-state index in [-0.39, 0.29) is 18.2 Å². The first kappa shape index (κ1) is 16.1. The van der Waals surface area contributed by atoms with Crippen LogP contribution in [0.4, 0.5) is 0 Å². The average Bonchev–Trinajstić information content (AvgIpc) is 2.50. The number of rotatable bonds is 7. The maximum absolute atomic E-state index is 11.9. The molecule has 1 atom stereocenters. The number of ether oxygens (including phenoxy) is 1. The Balaban J connectivity index is 2.56. The maximum atomic E-state index is 11.9. The van der Waals surface area contributed by atoms with Crippen molar-refractivity contribution >= 4 is 30.2 Å². The third kappa shape index (κ3) is 4.97. The molecule has 0 heterocycles. The Bertz CT molecular complexity index is 477. The number of benzene rings is 1. The summed E-state index contributed by atoms with van der Waals surface area (Å²) < 4.78 is 4.45. The molecule has 5 nitrogen and oxygen atoms in total. The van der Waals surface area contributed by atoms with E-state index in [2.05, 4.69) is 34.6 Å². The Morgan fingerprint density at radius 1 is 1.35 bits per heavy atom. The molecule has 2 N–H and O–H groups in total. The Morgan fingerprint density at radius 2 is 2.00 bits per heavy atom. The van der Waals surface area contributed by atoms with Gasteiger partial charge in [-0.25, -0.2) is 0 Å². The van der Waals surface area contributed by atoms with Gasteiger partial charge in [-0.2, -0.15) is 12.6 Å². The predicted octanol–water partition coefficient (Wildman–Crippen LogP) is 0.834. The van der Waals surface area contributed by atoms with Gasteiger partial charge >= 0.3 is 5.97 Å². The quantitative estimate of drug-likeness (QED) is 0.515. The van der Waals surface area contributed by atoms with Crippen LogP contribution >= 0.6 is 12.6 Å². The SMILES string of the molecule is C=C(N[C@@H](CS)C(=O)NCC(=O)OC)c1ccccc1. The van der Waals surface area contributed by atoms with Crippen LogP contribution in [-0.2, 0) is 14.3 Å². The summed E-state index contributed by atoms with van der Waals surface area (Å²) in [6.07, 6.45) is 0. The number of esters is 1. The summed E-state index contributed by atoms with van der Waals surface area (Å²) in [4.78, 5) is 22.9. The normalized spacial score (nSPS) is 11.3. The highest BCUT2D eigenvalue weighted by Gasteiger charge is 2.18. The number of hydrogen-bond donors (Lipinski definition) is 3. The Labute approximate surface area is 123 Å². The standard InChI is InChI=1S/C14H18N2O3S/c1-10(11-6-4-3-5-7-11)16-12(9-20)14(18)15-8-13(17)19-2/h3-7,12,16,20H,1,8-9H2,2H3,(H,15,18)/t12-/m0/s1. The maximum Gasteiger partial charge on any atom is 0.325 e. The van der Waals surface area contributed by atoms with E-state index in [0.29, 0.717) is 5.70 Å². The van der Waals surface area contributed by atoms with Crippen LogP contribution in [0.15, 0.2) is 36.9 Å².